The summed E-state index contributed by atoms with van der Waals surface area (Å²) in [4.78, 5) is 0. The van der Waals surface area contributed by atoms with Crippen molar-refractivity contribution in [2.75, 3.05) is 6.61 Å². The Bertz CT molecular complexity index is 467. The van der Waals surface area contributed by atoms with Gasteiger partial charge in [0.2, 0.25) is 0 Å². The molecule has 23 heavy (non-hydrogen) atoms. The van der Waals surface area contributed by atoms with E-state index in [1.54, 1.807) is 0 Å². The first-order valence-electron chi connectivity index (χ1n) is 9.38. The molecule has 1 saturated heterocycles. The maximum atomic E-state index is 9.15. The molecule has 1 aromatic rings. The van der Waals surface area contributed by atoms with Gasteiger partial charge < -0.3 is 9.84 Å². The third-order valence-corrected chi connectivity index (χ3v) is 4.59. The number of benzene rings is 1. The monoisotopic (exact) mass is 316 g/mol. The van der Waals surface area contributed by atoms with Gasteiger partial charge in [-0.25, -0.2) is 0 Å². The van der Waals surface area contributed by atoms with Gasteiger partial charge in [0.25, 0.3) is 0 Å². The number of ether oxygens (including phenoxy) is 1. The molecule has 0 saturated carbocycles. The Labute approximate surface area is 141 Å². The van der Waals surface area contributed by atoms with E-state index in [-0.39, 0.29) is 18.8 Å². The maximum absolute atomic E-state index is 9.15. The van der Waals surface area contributed by atoms with Crippen molar-refractivity contribution in [2.24, 2.45) is 0 Å². The highest BCUT2D eigenvalue weighted by Crippen LogP contribution is 2.40. The Morgan fingerprint density at radius 1 is 1.00 bits per heavy atom. The van der Waals surface area contributed by atoms with Gasteiger partial charge in [0, 0.05) is 0 Å². The Morgan fingerprint density at radius 3 is 2.39 bits per heavy atom. The van der Waals surface area contributed by atoms with Crippen LogP contribution >= 0.6 is 0 Å². The fraction of sp³-hybridized carbons (Fsp3) is 0.619. The van der Waals surface area contributed by atoms with Gasteiger partial charge in [-0.15, -0.1) is 0 Å². The van der Waals surface area contributed by atoms with Crippen LogP contribution in [0.2, 0.25) is 0 Å². The van der Waals surface area contributed by atoms with Gasteiger partial charge in [0.15, 0.2) is 0 Å². The van der Waals surface area contributed by atoms with Gasteiger partial charge in [-0.2, -0.15) is 0 Å². The second kappa shape index (κ2) is 10.6. The number of epoxide rings is 1. The molecule has 0 aromatic heterocycles. The summed E-state index contributed by atoms with van der Waals surface area (Å²) in [6.45, 7) is 2.38. The van der Waals surface area contributed by atoms with E-state index in [0.717, 1.165) is 6.42 Å². The van der Waals surface area contributed by atoms with Gasteiger partial charge in [-0.1, -0.05) is 88.3 Å². The lowest BCUT2D eigenvalue weighted by atomic mass is 10.0. The van der Waals surface area contributed by atoms with Crippen molar-refractivity contribution in [1.82, 2.24) is 0 Å². The summed E-state index contributed by atoms with van der Waals surface area (Å²) < 4.78 is 5.51. The molecule has 1 aliphatic rings. The average Bonchev–Trinajstić information content (AvgIpc) is 3.36. The molecule has 2 unspecified atom stereocenters. The Morgan fingerprint density at radius 2 is 1.70 bits per heavy atom. The number of aliphatic hydroxyl groups excluding tert-OH is 1. The van der Waals surface area contributed by atoms with Crippen molar-refractivity contribution in [1.29, 1.82) is 0 Å². The molecule has 2 rings (SSSR count). The highest BCUT2D eigenvalue weighted by Gasteiger charge is 2.40. The lowest BCUT2D eigenvalue weighted by molar-refractivity contribution is 0.242. The minimum atomic E-state index is -0.00254. The Balaban J connectivity index is 1.63. The zero-order valence-electron chi connectivity index (χ0n) is 14.5. The fourth-order valence-electron chi connectivity index (χ4n) is 3.08. The zero-order chi connectivity index (χ0) is 16.3. The summed E-state index contributed by atoms with van der Waals surface area (Å²) in [6.07, 6.45) is 16.7. The van der Waals surface area contributed by atoms with Crippen LogP contribution in [0.5, 0.6) is 0 Å². The van der Waals surface area contributed by atoms with Crippen molar-refractivity contribution < 1.29 is 9.84 Å². The standard InChI is InChI=1S/C21H32O2/c1-2-3-4-5-6-7-8-9-10-11-14-18-15-12-13-16-19(18)21-20(17-22)23-21/h11-16,20-22H,2-10,17H2,1H3. The second-order valence-electron chi connectivity index (χ2n) is 6.57. The lowest BCUT2D eigenvalue weighted by Gasteiger charge is -2.03. The smallest absolute Gasteiger partial charge is 0.112 e. The largest absolute Gasteiger partial charge is 0.394 e. The molecule has 0 amide bonds. The predicted molar refractivity (Wildman–Crippen MR) is 97.4 cm³/mol. The number of hydrogen-bond acceptors (Lipinski definition) is 2. The predicted octanol–water partition coefficient (Wildman–Crippen LogP) is 5.66. The maximum Gasteiger partial charge on any atom is 0.112 e. The third kappa shape index (κ3) is 6.48. The van der Waals surface area contributed by atoms with Crippen molar-refractivity contribution in [2.45, 2.75) is 76.9 Å². The molecule has 1 fully saturated rings. The number of hydrogen-bond donors (Lipinski definition) is 1. The van der Waals surface area contributed by atoms with Crippen LogP contribution in [0.15, 0.2) is 30.3 Å². The highest BCUT2D eigenvalue weighted by molar-refractivity contribution is 5.55. The quantitative estimate of drug-likeness (QED) is 0.398. The zero-order valence-corrected chi connectivity index (χ0v) is 14.5. The molecule has 1 N–H and O–H groups in total. The van der Waals surface area contributed by atoms with E-state index in [4.69, 9.17) is 9.84 Å². The molecular formula is C21H32O2. The molecule has 2 atom stereocenters. The lowest BCUT2D eigenvalue weighted by Crippen LogP contribution is -1.95. The van der Waals surface area contributed by atoms with Crippen molar-refractivity contribution in [3.05, 3.63) is 41.5 Å². The first-order chi connectivity index (χ1) is 11.4. The summed E-state index contributed by atoms with van der Waals surface area (Å²) >= 11 is 0. The molecule has 128 valence electrons. The van der Waals surface area contributed by atoms with E-state index in [0.29, 0.717) is 0 Å². The number of unbranched alkanes of at least 4 members (excludes halogenated alkanes) is 8. The third-order valence-electron chi connectivity index (χ3n) is 4.59. The minimum absolute atomic E-state index is 0.00254. The van der Waals surface area contributed by atoms with Gasteiger partial charge >= 0.3 is 0 Å². The fourth-order valence-corrected chi connectivity index (χ4v) is 3.08. The summed E-state index contributed by atoms with van der Waals surface area (Å²) in [6, 6.07) is 8.35. The number of rotatable bonds is 12. The Kier molecular flexibility index (Phi) is 8.41. The molecule has 0 spiro atoms. The summed E-state index contributed by atoms with van der Waals surface area (Å²) in [5.41, 5.74) is 2.44. The minimum Gasteiger partial charge on any atom is -0.394 e. The molecule has 2 nitrogen and oxygen atoms in total. The van der Waals surface area contributed by atoms with Crippen molar-refractivity contribution >= 4 is 6.08 Å². The molecule has 0 bridgehead atoms. The molecule has 1 aromatic carbocycles. The SMILES string of the molecule is CCCCCCCCCCC=Cc1ccccc1C1OC1CO. The van der Waals surface area contributed by atoms with Crippen LogP contribution in [-0.4, -0.2) is 17.8 Å². The van der Waals surface area contributed by atoms with Crippen LogP contribution in [0, 0.1) is 0 Å². The number of aliphatic hydroxyl groups is 1. The summed E-state index contributed by atoms with van der Waals surface area (Å²) in [5.74, 6) is 0. The average molecular weight is 316 g/mol. The topological polar surface area (TPSA) is 32.8 Å². The van der Waals surface area contributed by atoms with Crippen LogP contribution in [0.1, 0.15) is 81.9 Å². The Hall–Kier alpha value is -1.12. The summed E-state index contributed by atoms with van der Waals surface area (Å²) in [7, 11) is 0. The molecule has 0 radical (unpaired) electrons. The molecule has 1 aliphatic heterocycles. The second-order valence-corrected chi connectivity index (χ2v) is 6.57. The highest BCUT2D eigenvalue weighted by atomic mass is 16.6. The van der Waals surface area contributed by atoms with E-state index in [1.165, 1.54) is 62.5 Å². The van der Waals surface area contributed by atoms with Crippen LogP contribution < -0.4 is 0 Å². The van der Waals surface area contributed by atoms with Crippen molar-refractivity contribution in [3.8, 4) is 0 Å². The molecule has 1 heterocycles. The molecular weight excluding hydrogens is 284 g/mol. The normalized spacial score (nSPS) is 20.3. The van der Waals surface area contributed by atoms with Crippen LogP contribution in [0.4, 0.5) is 0 Å². The van der Waals surface area contributed by atoms with E-state index >= 15 is 0 Å². The van der Waals surface area contributed by atoms with Gasteiger partial charge in [0.1, 0.15) is 12.2 Å². The van der Waals surface area contributed by atoms with E-state index < -0.39 is 0 Å². The molecule has 0 aliphatic carbocycles. The van der Waals surface area contributed by atoms with E-state index in [9.17, 15) is 0 Å². The van der Waals surface area contributed by atoms with Gasteiger partial charge in [0.05, 0.1) is 6.61 Å². The summed E-state index contributed by atoms with van der Waals surface area (Å²) in [5, 5.41) is 9.15. The first-order valence-corrected chi connectivity index (χ1v) is 9.38. The van der Waals surface area contributed by atoms with Crippen LogP contribution in [-0.2, 0) is 4.74 Å². The van der Waals surface area contributed by atoms with Crippen molar-refractivity contribution in [3.63, 3.8) is 0 Å². The van der Waals surface area contributed by atoms with Crippen LogP contribution in [0.25, 0.3) is 6.08 Å². The first kappa shape index (κ1) is 18.2. The number of allylic oxidation sites excluding steroid dienone is 1. The van der Waals surface area contributed by atoms with Gasteiger partial charge in [-0.05, 0) is 24.0 Å². The molecule has 2 heteroatoms. The van der Waals surface area contributed by atoms with E-state index in [2.05, 4.69) is 37.3 Å². The van der Waals surface area contributed by atoms with E-state index in [1.807, 2.05) is 6.07 Å². The van der Waals surface area contributed by atoms with Gasteiger partial charge in [-0.3, -0.25) is 0 Å². The van der Waals surface area contributed by atoms with Crippen LogP contribution in [0.3, 0.4) is 0 Å².